The molecule has 1 aromatic heterocycles. The fourth-order valence-corrected chi connectivity index (χ4v) is 2.22. The van der Waals surface area contributed by atoms with Gasteiger partial charge in [0, 0.05) is 34.4 Å². The van der Waals surface area contributed by atoms with Crippen molar-refractivity contribution in [1.82, 2.24) is 4.98 Å². The van der Waals surface area contributed by atoms with Crippen molar-refractivity contribution in [2.75, 3.05) is 12.8 Å². The van der Waals surface area contributed by atoms with E-state index in [-0.39, 0.29) is 0 Å². The number of aromatic nitrogens is 1. The molecule has 0 saturated heterocycles. The highest BCUT2D eigenvalue weighted by molar-refractivity contribution is 5.96. The number of nitrogens with two attached hydrogens (primary N) is 1. The molecule has 0 amide bonds. The molecule has 0 spiro atoms. The van der Waals surface area contributed by atoms with Crippen molar-refractivity contribution in [2.45, 2.75) is 6.92 Å². The number of hydrogen-bond donors (Lipinski definition) is 1. The average Bonchev–Trinajstić information content (AvgIpc) is 2.50. The van der Waals surface area contributed by atoms with Gasteiger partial charge in [-0.2, -0.15) is 0 Å². The largest absolute Gasteiger partial charge is 0.497 e. The van der Waals surface area contributed by atoms with Crippen molar-refractivity contribution in [1.29, 1.82) is 0 Å². The summed E-state index contributed by atoms with van der Waals surface area (Å²) in [4.78, 5) is 4.29. The van der Waals surface area contributed by atoms with E-state index in [1.807, 2.05) is 49.4 Å². The van der Waals surface area contributed by atoms with Gasteiger partial charge < -0.3 is 15.2 Å². The lowest BCUT2D eigenvalue weighted by Gasteiger charge is -2.11. The Morgan fingerprint density at radius 1 is 1.00 bits per heavy atom. The molecular weight excluding hydrogens is 264 g/mol. The number of hydrogen-bond acceptors (Lipinski definition) is 4. The lowest BCUT2D eigenvalue weighted by molar-refractivity contribution is 0.409. The molecular formula is C17H16N2O2. The maximum atomic E-state index is 6.00. The first-order valence-electron chi connectivity index (χ1n) is 6.64. The lowest BCUT2D eigenvalue weighted by Crippen LogP contribution is -1.93. The fraction of sp³-hybridized carbons (Fsp3) is 0.118. The molecule has 106 valence electrons. The minimum absolute atomic E-state index is 0.690. The molecule has 2 aromatic carbocycles. The zero-order chi connectivity index (χ0) is 14.8. The van der Waals surface area contributed by atoms with Crippen molar-refractivity contribution >= 4 is 16.5 Å². The molecule has 0 aliphatic carbocycles. The van der Waals surface area contributed by atoms with Crippen molar-refractivity contribution in [3.05, 3.63) is 54.4 Å². The third kappa shape index (κ3) is 2.60. The molecule has 0 radical (unpaired) electrons. The maximum Gasteiger partial charge on any atom is 0.135 e. The molecule has 4 nitrogen and oxygen atoms in total. The molecule has 0 atom stereocenters. The number of aryl methyl sites for hydroxylation is 1. The van der Waals surface area contributed by atoms with E-state index in [4.69, 9.17) is 15.2 Å². The highest BCUT2D eigenvalue weighted by atomic mass is 16.5. The predicted molar refractivity (Wildman–Crippen MR) is 84.0 cm³/mol. The maximum absolute atomic E-state index is 6.00. The third-order valence-electron chi connectivity index (χ3n) is 3.30. The molecule has 4 heteroatoms. The van der Waals surface area contributed by atoms with Crippen LogP contribution in [-0.4, -0.2) is 12.1 Å². The molecule has 3 rings (SSSR count). The van der Waals surface area contributed by atoms with E-state index >= 15 is 0 Å². The second-order valence-electron chi connectivity index (χ2n) is 4.81. The summed E-state index contributed by atoms with van der Waals surface area (Å²) < 4.78 is 11.2. The number of fused-ring (bicyclic) bond motifs is 1. The summed E-state index contributed by atoms with van der Waals surface area (Å²) in [5.41, 5.74) is 7.61. The van der Waals surface area contributed by atoms with Crippen LogP contribution in [0, 0.1) is 6.92 Å². The van der Waals surface area contributed by atoms with E-state index in [1.165, 1.54) is 0 Å². The summed E-state index contributed by atoms with van der Waals surface area (Å²) in [5.74, 6) is 2.22. The van der Waals surface area contributed by atoms with Crippen LogP contribution in [0.3, 0.4) is 0 Å². The number of nitrogens with zero attached hydrogens (tertiary/aromatic N) is 1. The third-order valence-corrected chi connectivity index (χ3v) is 3.30. The Balaban J connectivity index is 2.08. The molecule has 0 unspecified atom stereocenters. The Labute approximate surface area is 123 Å². The molecule has 0 bridgehead atoms. The molecule has 0 aliphatic rings. The molecule has 2 N–H and O–H groups in total. The Morgan fingerprint density at radius 3 is 2.62 bits per heavy atom. The molecule has 3 aromatic rings. The number of benzene rings is 2. The van der Waals surface area contributed by atoms with Gasteiger partial charge in [-0.25, -0.2) is 0 Å². The van der Waals surface area contributed by atoms with Crippen LogP contribution in [0.5, 0.6) is 17.2 Å². The van der Waals surface area contributed by atoms with E-state index < -0.39 is 0 Å². The van der Waals surface area contributed by atoms with Crippen LogP contribution in [0.15, 0.2) is 48.7 Å². The number of ether oxygens (including phenoxy) is 2. The van der Waals surface area contributed by atoms with Gasteiger partial charge in [-0.3, -0.25) is 4.98 Å². The minimum Gasteiger partial charge on any atom is -0.497 e. The molecule has 1 heterocycles. The van der Waals surface area contributed by atoms with Gasteiger partial charge in [-0.05, 0) is 37.3 Å². The summed E-state index contributed by atoms with van der Waals surface area (Å²) in [6, 6.07) is 13.2. The van der Waals surface area contributed by atoms with Gasteiger partial charge in [0.05, 0.1) is 7.11 Å². The SMILES string of the molecule is COc1cccc(Oc2ccc(N)c3cnc(C)cc23)c1. The summed E-state index contributed by atoms with van der Waals surface area (Å²) in [6.45, 7) is 1.94. The Morgan fingerprint density at radius 2 is 1.81 bits per heavy atom. The van der Waals surface area contributed by atoms with E-state index in [1.54, 1.807) is 13.3 Å². The van der Waals surface area contributed by atoms with E-state index in [9.17, 15) is 0 Å². The van der Waals surface area contributed by atoms with Crippen LogP contribution >= 0.6 is 0 Å². The van der Waals surface area contributed by atoms with E-state index in [0.29, 0.717) is 5.69 Å². The topological polar surface area (TPSA) is 57.4 Å². The summed E-state index contributed by atoms with van der Waals surface area (Å²) in [6.07, 6.45) is 1.78. The van der Waals surface area contributed by atoms with Crippen LogP contribution in [-0.2, 0) is 0 Å². The van der Waals surface area contributed by atoms with E-state index in [0.717, 1.165) is 33.7 Å². The number of nitrogen functional groups attached to an aromatic ring is 1. The number of methoxy groups -OCH3 is 1. The minimum atomic E-state index is 0.690. The number of pyridine rings is 1. The highest BCUT2D eigenvalue weighted by Gasteiger charge is 2.08. The average molecular weight is 280 g/mol. The zero-order valence-electron chi connectivity index (χ0n) is 12.0. The standard InChI is InChI=1S/C17H16N2O2/c1-11-8-14-15(10-19-11)16(18)6-7-17(14)21-13-5-3-4-12(9-13)20-2/h3-10H,18H2,1-2H3. The Kier molecular flexibility index (Phi) is 3.36. The van der Waals surface area contributed by atoms with Gasteiger partial charge in [0.25, 0.3) is 0 Å². The zero-order valence-corrected chi connectivity index (χ0v) is 12.0. The van der Waals surface area contributed by atoms with Gasteiger partial charge in [0.15, 0.2) is 0 Å². The fourth-order valence-electron chi connectivity index (χ4n) is 2.22. The molecule has 21 heavy (non-hydrogen) atoms. The first kappa shape index (κ1) is 13.2. The van der Waals surface area contributed by atoms with Crippen LogP contribution in [0.1, 0.15) is 5.69 Å². The van der Waals surface area contributed by atoms with Crippen molar-refractivity contribution in [2.24, 2.45) is 0 Å². The molecule has 0 fully saturated rings. The first-order valence-corrected chi connectivity index (χ1v) is 6.64. The Hall–Kier alpha value is -2.75. The second kappa shape index (κ2) is 5.32. The van der Waals surface area contributed by atoms with Crippen molar-refractivity contribution in [3.8, 4) is 17.2 Å². The summed E-state index contributed by atoms with van der Waals surface area (Å²) >= 11 is 0. The van der Waals surface area contributed by atoms with Crippen molar-refractivity contribution in [3.63, 3.8) is 0 Å². The number of anilines is 1. The molecule has 0 saturated carbocycles. The second-order valence-corrected chi connectivity index (χ2v) is 4.81. The molecule has 0 aliphatic heterocycles. The van der Waals surface area contributed by atoms with Crippen LogP contribution in [0.25, 0.3) is 10.8 Å². The smallest absolute Gasteiger partial charge is 0.135 e. The van der Waals surface area contributed by atoms with E-state index in [2.05, 4.69) is 4.98 Å². The predicted octanol–water partition coefficient (Wildman–Crippen LogP) is 3.93. The Bertz CT molecular complexity index is 800. The summed E-state index contributed by atoms with van der Waals surface area (Å²) in [7, 11) is 1.63. The van der Waals surface area contributed by atoms with Gasteiger partial charge in [0.2, 0.25) is 0 Å². The first-order chi connectivity index (χ1) is 10.2. The van der Waals surface area contributed by atoms with Crippen LogP contribution < -0.4 is 15.2 Å². The number of rotatable bonds is 3. The quantitative estimate of drug-likeness (QED) is 0.739. The normalized spacial score (nSPS) is 10.6. The monoisotopic (exact) mass is 280 g/mol. The van der Waals surface area contributed by atoms with Crippen LogP contribution in [0.2, 0.25) is 0 Å². The summed E-state index contributed by atoms with van der Waals surface area (Å²) in [5, 5.41) is 1.84. The van der Waals surface area contributed by atoms with Gasteiger partial charge >= 0.3 is 0 Å². The van der Waals surface area contributed by atoms with Gasteiger partial charge in [0.1, 0.15) is 17.2 Å². The van der Waals surface area contributed by atoms with Crippen LogP contribution in [0.4, 0.5) is 5.69 Å². The van der Waals surface area contributed by atoms with Crippen molar-refractivity contribution < 1.29 is 9.47 Å². The van der Waals surface area contributed by atoms with Gasteiger partial charge in [-0.15, -0.1) is 0 Å². The highest BCUT2D eigenvalue weighted by Crippen LogP contribution is 2.34. The lowest BCUT2D eigenvalue weighted by atomic mass is 10.1. The van der Waals surface area contributed by atoms with Gasteiger partial charge in [-0.1, -0.05) is 6.07 Å².